The maximum Gasteiger partial charge on any atom is 0.338 e. The van der Waals surface area contributed by atoms with Crippen LogP contribution in [0, 0.1) is 6.92 Å². The second-order valence-corrected chi connectivity index (χ2v) is 5.20. The Morgan fingerprint density at radius 2 is 1.92 bits per heavy atom. The van der Waals surface area contributed by atoms with Gasteiger partial charge >= 0.3 is 5.97 Å². The lowest BCUT2D eigenvalue weighted by Gasteiger charge is -2.05. The highest BCUT2D eigenvalue weighted by molar-refractivity contribution is 6.04. The van der Waals surface area contributed by atoms with Gasteiger partial charge in [-0.25, -0.2) is 9.78 Å². The number of fused-ring (bicyclic) bond motifs is 1. The number of hydrogen-bond acceptors (Lipinski definition) is 5. The monoisotopic (exact) mass is 324 g/mol. The zero-order valence-electron chi connectivity index (χ0n) is 13.3. The quantitative estimate of drug-likeness (QED) is 0.742. The van der Waals surface area contributed by atoms with Crippen molar-refractivity contribution in [3.8, 4) is 0 Å². The highest BCUT2D eigenvalue weighted by Gasteiger charge is 2.14. The third-order valence-corrected chi connectivity index (χ3v) is 3.39. The fourth-order valence-electron chi connectivity index (χ4n) is 2.23. The fraction of sp³-hybridized carbons (Fsp3) is 0.167. The van der Waals surface area contributed by atoms with Crippen molar-refractivity contribution < 1.29 is 18.7 Å². The number of furan rings is 1. The summed E-state index contributed by atoms with van der Waals surface area (Å²) < 4.78 is 10.4. The lowest BCUT2D eigenvalue weighted by atomic mass is 10.2. The van der Waals surface area contributed by atoms with Crippen LogP contribution in [0.4, 0.5) is 5.69 Å². The van der Waals surface area contributed by atoms with Crippen molar-refractivity contribution in [3.05, 3.63) is 59.5 Å². The van der Waals surface area contributed by atoms with Crippen LogP contribution in [0.3, 0.4) is 0 Å². The van der Waals surface area contributed by atoms with E-state index in [0.717, 1.165) is 5.69 Å². The predicted octanol–water partition coefficient (Wildman–Crippen LogP) is 3.57. The summed E-state index contributed by atoms with van der Waals surface area (Å²) in [5, 5.41) is 2.72. The average Bonchev–Trinajstić information content (AvgIpc) is 2.99. The summed E-state index contributed by atoms with van der Waals surface area (Å²) in [6.45, 7) is 3.93. The van der Waals surface area contributed by atoms with Crippen molar-refractivity contribution in [3.63, 3.8) is 0 Å². The van der Waals surface area contributed by atoms with Gasteiger partial charge in [-0.1, -0.05) is 0 Å². The highest BCUT2D eigenvalue weighted by atomic mass is 16.5. The molecule has 0 aliphatic heterocycles. The molecule has 0 aliphatic carbocycles. The molecule has 24 heavy (non-hydrogen) atoms. The molecule has 1 amide bonds. The number of amides is 1. The van der Waals surface area contributed by atoms with Crippen LogP contribution in [0.5, 0.6) is 0 Å². The molecule has 3 aromatic rings. The Balaban J connectivity index is 1.74. The van der Waals surface area contributed by atoms with Crippen LogP contribution in [0.25, 0.3) is 11.1 Å². The summed E-state index contributed by atoms with van der Waals surface area (Å²) >= 11 is 0. The molecule has 2 aromatic heterocycles. The van der Waals surface area contributed by atoms with Gasteiger partial charge in [0.1, 0.15) is 5.52 Å². The zero-order valence-corrected chi connectivity index (χ0v) is 13.3. The Bertz CT molecular complexity index is 897. The van der Waals surface area contributed by atoms with E-state index in [1.807, 2.05) is 13.0 Å². The van der Waals surface area contributed by atoms with Crippen molar-refractivity contribution in [1.29, 1.82) is 0 Å². The molecule has 0 bridgehead atoms. The number of esters is 1. The number of aromatic nitrogens is 1. The number of ether oxygens (including phenoxy) is 1. The molecule has 0 unspecified atom stereocenters. The molecule has 6 heteroatoms. The summed E-state index contributed by atoms with van der Waals surface area (Å²) in [6.07, 6.45) is 0. The molecule has 3 rings (SSSR count). The van der Waals surface area contributed by atoms with Gasteiger partial charge in [-0.15, -0.1) is 0 Å². The molecule has 6 nitrogen and oxygen atoms in total. The minimum absolute atomic E-state index is 0.178. The van der Waals surface area contributed by atoms with E-state index in [1.54, 1.807) is 43.3 Å². The van der Waals surface area contributed by atoms with Crippen LogP contribution in [-0.4, -0.2) is 23.5 Å². The number of carbonyl (C=O) groups excluding carboxylic acids is 2. The first-order valence-corrected chi connectivity index (χ1v) is 7.52. The van der Waals surface area contributed by atoms with Gasteiger partial charge in [-0.05, 0) is 50.2 Å². The number of anilines is 1. The second kappa shape index (κ2) is 6.54. The van der Waals surface area contributed by atoms with Gasteiger partial charge in [0.05, 0.1) is 12.2 Å². The number of benzene rings is 1. The number of carbonyl (C=O) groups is 2. The molecule has 1 aromatic carbocycles. The lowest BCUT2D eigenvalue weighted by Crippen LogP contribution is -2.11. The number of nitrogens with zero attached hydrogens (tertiary/aromatic N) is 1. The van der Waals surface area contributed by atoms with E-state index in [2.05, 4.69) is 10.3 Å². The molecule has 0 spiro atoms. The third-order valence-electron chi connectivity index (χ3n) is 3.39. The Hall–Kier alpha value is -3.15. The van der Waals surface area contributed by atoms with Crippen LogP contribution in [0.1, 0.15) is 33.5 Å². The van der Waals surface area contributed by atoms with E-state index >= 15 is 0 Å². The maximum atomic E-state index is 12.3. The topological polar surface area (TPSA) is 81.4 Å². The standard InChI is InChI=1S/C18H16N2O4/c1-3-23-18(22)12-5-7-13(8-6-12)20-17(21)16-10-14-15(24-16)9-4-11(2)19-14/h4-10H,3H2,1-2H3,(H,20,21). The summed E-state index contributed by atoms with van der Waals surface area (Å²) in [5.41, 5.74) is 3.03. The third kappa shape index (κ3) is 3.27. The van der Waals surface area contributed by atoms with Crippen LogP contribution in [0.2, 0.25) is 0 Å². The second-order valence-electron chi connectivity index (χ2n) is 5.20. The van der Waals surface area contributed by atoms with E-state index in [9.17, 15) is 9.59 Å². The first-order chi connectivity index (χ1) is 11.6. The first-order valence-electron chi connectivity index (χ1n) is 7.52. The van der Waals surface area contributed by atoms with Gasteiger partial charge in [-0.2, -0.15) is 0 Å². The van der Waals surface area contributed by atoms with Crippen LogP contribution < -0.4 is 5.32 Å². The van der Waals surface area contributed by atoms with Crippen molar-refractivity contribution in [2.45, 2.75) is 13.8 Å². The highest BCUT2D eigenvalue weighted by Crippen LogP contribution is 2.19. The van der Waals surface area contributed by atoms with Gasteiger partial charge in [0.25, 0.3) is 5.91 Å². The average molecular weight is 324 g/mol. The molecule has 0 fully saturated rings. The largest absolute Gasteiger partial charge is 0.462 e. The van der Waals surface area contributed by atoms with E-state index < -0.39 is 5.97 Å². The number of rotatable bonds is 4. The number of nitrogens with one attached hydrogen (secondary N) is 1. The predicted molar refractivity (Wildman–Crippen MR) is 89.1 cm³/mol. The SMILES string of the molecule is CCOC(=O)c1ccc(NC(=O)c2cc3nc(C)ccc3o2)cc1. The smallest absolute Gasteiger partial charge is 0.338 e. The van der Waals surface area contributed by atoms with Crippen molar-refractivity contribution in [2.75, 3.05) is 11.9 Å². The first kappa shape index (κ1) is 15.7. The lowest BCUT2D eigenvalue weighted by molar-refractivity contribution is 0.0526. The molecule has 1 N–H and O–H groups in total. The molecule has 0 saturated heterocycles. The Morgan fingerprint density at radius 1 is 1.17 bits per heavy atom. The normalized spacial score (nSPS) is 10.6. The Labute approximate surface area is 138 Å². The molecule has 0 radical (unpaired) electrons. The minimum atomic E-state index is -0.394. The van der Waals surface area contributed by atoms with Gasteiger partial charge in [0, 0.05) is 17.4 Å². The Kier molecular flexibility index (Phi) is 4.29. The number of aryl methyl sites for hydroxylation is 1. The van der Waals surface area contributed by atoms with Crippen molar-refractivity contribution in [1.82, 2.24) is 4.98 Å². The van der Waals surface area contributed by atoms with Gasteiger partial charge < -0.3 is 14.5 Å². The van der Waals surface area contributed by atoms with E-state index in [-0.39, 0.29) is 11.7 Å². The molecule has 0 saturated carbocycles. The van der Waals surface area contributed by atoms with Gasteiger partial charge in [0.2, 0.25) is 0 Å². The van der Waals surface area contributed by atoms with Gasteiger partial charge in [0.15, 0.2) is 11.3 Å². The number of hydrogen-bond donors (Lipinski definition) is 1. The summed E-state index contributed by atoms with van der Waals surface area (Å²) in [4.78, 5) is 28.2. The summed E-state index contributed by atoms with van der Waals surface area (Å²) in [5.74, 6) is -0.596. The van der Waals surface area contributed by atoms with Crippen molar-refractivity contribution >= 4 is 28.7 Å². The zero-order chi connectivity index (χ0) is 17.1. The van der Waals surface area contributed by atoms with E-state index in [0.29, 0.717) is 29.0 Å². The molecular formula is C18H16N2O4. The van der Waals surface area contributed by atoms with Crippen LogP contribution in [0.15, 0.2) is 46.9 Å². The van der Waals surface area contributed by atoms with Gasteiger partial charge in [-0.3, -0.25) is 4.79 Å². The maximum absolute atomic E-state index is 12.3. The molecule has 0 aliphatic rings. The molecule has 122 valence electrons. The number of pyridine rings is 1. The Morgan fingerprint density at radius 3 is 2.62 bits per heavy atom. The fourth-order valence-corrected chi connectivity index (χ4v) is 2.23. The summed E-state index contributed by atoms with van der Waals surface area (Å²) in [6, 6.07) is 11.7. The minimum Gasteiger partial charge on any atom is -0.462 e. The molecule has 2 heterocycles. The summed E-state index contributed by atoms with van der Waals surface area (Å²) in [7, 11) is 0. The van der Waals surface area contributed by atoms with Crippen molar-refractivity contribution in [2.24, 2.45) is 0 Å². The van der Waals surface area contributed by atoms with E-state index in [4.69, 9.17) is 9.15 Å². The molecular weight excluding hydrogens is 308 g/mol. The van der Waals surface area contributed by atoms with E-state index in [1.165, 1.54) is 0 Å². The van der Waals surface area contributed by atoms with Crippen LogP contribution in [-0.2, 0) is 4.74 Å². The molecule has 0 atom stereocenters. The van der Waals surface area contributed by atoms with Crippen LogP contribution >= 0.6 is 0 Å².